The first kappa shape index (κ1) is 21.0. The van der Waals surface area contributed by atoms with E-state index in [0.29, 0.717) is 24.4 Å². The van der Waals surface area contributed by atoms with Gasteiger partial charge in [0.1, 0.15) is 17.0 Å². The predicted molar refractivity (Wildman–Crippen MR) is 130 cm³/mol. The summed E-state index contributed by atoms with van der Waals surface area (Å²) in [5.41, 5.74) is 7.95. The summed E-state index contributed by atoms with van der Waals surface area (Å²) in [6, 6.07) is 10.4. The van der Waals surface area contributed by atoms with Crippen LogP contribution in [0.2, 0.25) is 0 Å². The summed E-state index contributed by atoms with van der Waals surface area (Å²) in [5, 5.41) is 3.38. The summed E-state index contributed by atoms with van der Waals surface area (Å²) < 4.78 is 6.02. The largest absolute Gasteiger partial charge is 0.380 e. The average Bonchev–Trinajstić information content (AvgIpc) is 3.32. The number of ether oxygens (including phenoxy) is 1. The smallest absolute Gasteiger partial charge is 0.234 e. The van der Waals surface area contributed by atoms with Gasteiger partial charge in [0.15, 0.2) is 0 Å². The highest BCUT2D eigenvalue weighted by atomic mass is 32.1. The minimum absolute atomic E-state index is 0.106. The van der Waals surface area contributed by atoms with Crippen LogP contribution in [-0.4, -0.2) is 66.2 Å². The minimum atomic E-state index is -0.204. The van der Waals surface area contributed by atoms with Crippen LogP contribution in [0.5, 0.6) is 0 Å². The molecule has 7 nitrogen and oxygen atoms in total. The van der Waals surface area contributed by atoms with Gasteiger partial charge in [-0.2, -0.15) is 0 Å². The third kappa shape index (κ3) is 3.90. The first-order valence-corrected chi connectivity index (χ1v) is 12.7. The van der Waals surface area contributed by atoms with Crippen LogP contribution < -0.4 is 10.6 Å². The number of hydrogen-bond acceptors (Lipinski definition) is 7. The molecule has 3 aromatic rings. The van der Waals surface area contributed by atoms with Gasteiger partial charge in [0, 0.05) is 30.6 Å². The van der Waals surface area contributed by atoms with Gasteiger partial charge >= 0.3 is 0 Å². The quantitative estimate of drug-likeness (QED) is 0.517. The summed E-state index contributed by atoms with van der Waals surface area (Å²) in [6.07, 6.45) is 3.62. The highest BCUT2D eigenvalue weighted by Crippen LogP contribution is 2.53. The van der Waals surface area contributed by atoms with E-state index in [-0.39, 0.29) is 11.9 Å². The van der Waals surface area contributed by atoms with Gasteiger partial charge in [0.25, 0.3) is 0 Å². The number of rotatable bonds is 8. The Hall–Kier alpha value is -2.55. The summed E-state index contributed by atoms with van der Waals surface area (Å²) in [4.78, 5) is 26.4. The van der Waals surface area contributed by atoms with Crippen molar-refractivity contribution in [3.63, 3.8) is 0 Å². The van der Waals surface area contributed by atoms with Crippen LogP contribution in [0.25, 0.3) is 21.3 Å². The van der Waals surface area contributed by atoms with Gasteiger partial charge in [0.2, 0.25) is 5.91 Å². The zero-order chi connectivity index (χ0) is 22.4. The lowest BCUT2D eigenvalue weighted by Crippen LogP contribution is -2.41. The van der Waals surface area contributed by atoms with Gasteiger partial charge in [-0.1, -0.05) is 30.3 Å². The van der Waals surface area contributed by atoms with Gasteiger partial charge < -0.3 is 15.4 Å². The summed E-state index contributed by atoms with van der Waals surface area (Å²) in [7, 11) is 0. The Kier molecular flexibility index (Phi) is 5.52. The fourth-order valence-electron chi connectivity index (χ4n) is 5.82. The van der Waals surface area contributed by atoms with E-state index < -0.39 is 0 Å². The van der Waals surface area contributed by atoms with Crippen LogP contribution in [0.15, 0.2) is 42.0 Å². The number of hydrogen-bond donors (Lipinski definition) is 1. The van der Waals surface area contributed by atoms with Gasteiger partial charge in [0.05, 0.1) is 24.6 Å². The van der Waals surface area contributed by atoms with E-state index in [0.717, 1.165) is 56.3 Å². The van der Waals surface area contributed by atoms with Gasteiger partial charge in [-0.05, 0) is 42.7 Å². The molecule has 2 aliphatic heterocycles. The standard InChI is InChI=1S/C25H29N5O2S/c26-23(31)21-7-4-8-29(21)9-10-32-13-19-17-11-30(12-18(17)19)24-22-20(16-5-2-1-3-6-16)14-33-25(22)28-15-27-24/h1-3,5-6,14-15,17-19,21H,4,7-13H2,(H2,26,31)/t17?,18?,19?,21-/m1/s1. The highest BCUT2D eigenvalue weighted by molar-refractivity contribution is 7.17. The Morgan fingerprint density at radius 2 is 2.00 bits per heavy atom. The van der Waals surface area contributed by atoms with Crippen LogP contribution in [0, 0.1) is 17.8 Å². The van der Waals surface area contributed by atoms with Crippen LogP contribution in [0.4, 0.5) is 5.82 Å². The summed E-state index contributed by atoms with van der Waals surface area (Å²) in [5.74, 6) is 2.86. The number of piperidine rings is 1. The molecular weight excluding hydrogens is 434 g/mol. The second-order valence-corrected chi connectivity index (χ2v) is 10.3. The lowest BCUT2D eigenvalue weighted by atomic mass is 10.1. The lowest BCUT2D eigenvalue weighted by molar-refractivity contribution is -0.122. The maximum absolute atomic E-state index is 11.5. The second-order valence-electron chi connectivity index (χ2n) is 9.46. The van der Waals surface area contributed by atoms with Gasteiger partial charge in [-0.15, -0.1) is 11.3 Å². The van der Waals surface area contributed by atoms with Crippen LogP contribution in [0.3, 0.4) is 0 Å². The van der Waals surface area contributed by atoms with Crippen LogP contribution in [-0.2, 0) is 9.53 Å². The Bertz CT molecular complexity index is 1140. The molecule has 2 unspecified atom stereocenters. The van der Waals surface area contributed by atoms with Gasteiger partial charge in [-0.3, -0.25) is 9.69 Å². The summed E-state index contributed by atoms with van der Waals surface area (Å²) in [6.45, 7) is 5.29. The molecular formula is C25H29N5O2S. The predicted octanol–water partition coefficient (Wildman–Crippen LogP) is 3.01. The molecule has 8 heteroatoms. The van der Waals surface area contributed by atoms with Crippen LogP contribution in [0.1, 0.15) is 12.8 Å². The SMILES string of the molecule is NC(=O)[C@H]1CCCN1CCOCC1C2CN(c3ncnc4scc(-c5ccccc5)c34)CC12. The number of primary amides is 1. The second kappa shape index (κ2) is 8.66. The first-order valence-electron chi connectivity index (χ1n) is 11.8. The van der Waals surface area contributed by atoms with Crippen LogP contribution >= 0.6 is 11.3 Å². The minimum Gasteiger partial charge on any atom is -0.380 e. The number of nitrogens with zero attached hydrogens (tertiary/aromatic N) is 4. The molecule has 3 atom stereocenters. The van der Waals surface area contributed by atoms with Crippen molar-refractivity contribution in [1.82, 2.24) is 14.9 Å². The number of nitrogens with two attached hydrogens (primary N) is 1. The molecule has 3 aliphatic rings. The lowest BCUT2D eigenvalue weighted by Gasteiger charge is -2.23. The molecule has 0 spiro atoms. The van der Waals surface area contributed by atoms with E-state index in [1.807, 2.05) is 6.07 Å². The topological polar surface area (TPSA) is 84.6 Å². The zero-order valence-corrected chi connectivity index (χ0v) is 19.4. The third-order valence-electron chi connectivity index (χ3n) is 7.63. The monoisotopic (exact) mass is 463 g/mol. The Labute approximate surface area is 197 Å². The number of thiophene rings is 1. The number of likely N-dealkylation sites (tertiary alicyclic amines) is 1. The molecule has 1 aromatic carbocycles. The molecule has 2 saturated heterocycles. The molecule has 172 valence electrons. The van der Waals surface area contributed by atoms with E-state index in [1.165, 1.54) is 16.5 Å². The van der Waals surface area contributed by atoms with E-state index in [9.17, 15) is 4.79 Å². The maximum Gasteiger partial charge on any atom is 0.234 e. The molecule has 6 rings (SSSR count). The van der Waals surface area contributed by atoms with Crippen molar-refractivity contribution >= 4 is 33.3 Å². The molecule has 2 aromatic heterocycles. The number of carbonyl (C=O) groups excluding carboxylic acids is 1. The van der Waals surface area contributed by atoms with E-state index in [1.54, 1.807) is 17.7 Å². The number of fused-ring (bicyclic) bond motifs is 2. The van der Waals surface area contributed by atoms with Crippen molar-refractivity contribution in [2.45, 2.75) is 18.9 Å². The number of aromatic nitrogens is 2. The highest BCUT2D eigenvalue weighted by Gasteiger charge is 2.56. The molecule has 3 fully saturated rings. The fraction of sp³-hybridized carbons (Fsp3) is 0.480. The van der Waals surface area contributed by atoms with Crippen molar-refractivity contribution in [2.24, 2.45) is 23.5 Å². The van der Waals surface area contributed by atoms with Crippen molar-refractivity contribution in [1.29, 1.82) is 0 Å². The Morgan fingerprint density at radius 3 is 2.79 bits per heavy atom. The number of amides is 1. The van der Waals surface area contributed by atoms with Crippen molar-refractivity contribution in [3.05, 3.63) is 42.0 Å². The van der Waals surface area contributed by atoms with Crippen molar-refractivity contribution in [3.8, 4) is 11.1 Å². The Balaban J connectivity index is 1.06. The molecule has 33 heavy (non-hydrogen) atoms. The Morgan fingerprint density at radius 1 is 1.18 bits per heavy atom. The van der Waals surface area contributed by atoms with Crippen molar-refractivity contribution < 1.29 is 9.53 Å². The number of benzene rings is 1. The van der Waals surface area contributed by atoms with Gasteiger partial charge in [-0.25, -0.2) is 9.97 Å². The van der Waals surface area contributed by atoms with E-state index in [4.69, 9.17) is 15.5 Å². The van der Waals surface area contributed by atoms with E-state index >= 15 is 0 Å². The van der Waals surface area contributed by atoms with Crippen molar-refractivity contribution in [2.75, 3.05) is 44.3 Å². The molecule has 1 amide bonds. The maximum atomic E-state index is 11.5. The average molecular weight is 464 g/mol. The molecule has 1 aliphatic carbocycles. The summed E-state index contributed by atoms with van der Waals surface area (Å²) >= 11 is 1.69. The molecule has 0 radical (unpaired) electrons. The molecule has 1 saturated carbocycles. The zero-order valence-electron chi connectivity index (χ0n) is 18.6. The number of anilines is 1. The fourth-order valence-corrected chi connectivity index (χ4v) is 6.73. The van der Waals surface area contributed by atoms with E-state index in [2.05, 4.69) is 44.4 Å². The molecule has 4 heterocycles. The normalized spacial score (nSPS) is 26.7. The number of carbonyl (C=O) groups is 1. The first-order chi connectivity index (χ1) is 16.2. The molecule has 2 N–H and O–H groups in total. The molecule has 0 bridgehead atoms. The third-order valence-corrected chi connectivity index (χ3v) is 8.52.